The van der Waals surface area contributed by atoms with Crippen molar-refractivity contribution in [2.24, 2.45) is 0 Å². The molecular weight excluding hydrogens is 294 g/mol. The standard InChI is InChI=1S/C18H21NO4/c1-5-8-19-17(20)12-7-6-11-14(15(12)18(19)21)10(2)9-13(22-3)16(11)23-4/h5,9,20-21H,1,6-8H2,2-4H3. The van der Waals surface area contributed by atoms with Crippen LogP contribution in [-0.4, -0.2) is 29.0 Å². The van der Waals surface area contributed by atoms with Gasteiger partial charge in [0, 0.05) is 17.7 Å². The van der Waals surface area contributed by atoms with Crippen molar-refractivity contribution in [3.63, 3.8) is 0 Å². The molecule has 5 heteroatoms. The average molecular weight is 315 g/mol. The summed E-state index contributed by atoms with van der Waals surface area (Å²) >= 11 is 0. The van der Waals surface area contributed by atoms with Gasteiger partial charge in [-0.3, -0.25) is 4.57 Å². The molecule has 0 saturated heterocycles. The zero-order chi connectivity index (χ0) is 16.7. The maximum atomic E-state index is 10.6. The molecule has 5 nitrogen and oxygen atoms in total. The number of ether oxygens (including phenoxy) is 2. The van der Waals surface area contributed by atoms with Crippen LogP contribution in [0.4, 0.5) is 0 Å². The Bertz CT molecular complexity index is 789. The van der Waals surface area contributed by atoms with E-state index in [1.54, 1.807) is 20.3 Å². The Hall–Kier alpha value is -2.56. The molecule has 0 amide bonds. The van der Waals surface area contributed by atoms with Crippen molar-refractivity contribution in [2.75, 3.05) is 14.2 Å². The van der Waals surface area contributed by atoms with Crippen molar-refractivity contribution in [1.29, 1.82) is 0 Å². The number of methoxy groups -OCH3 is 2. The summed E-state index contributed by atoms with van der Waals surface area (Å²) in [6.45, 7) is 6.00. The molecule has 2 aromatic rings. The lowest BCUT2D eigenvalue weighted by Gasteiger charge is -2.23. The average Bonchev–Trinajstić information content (AvgIpc) is 2.79. The highest BCUT2D eigenvalue weighted by atomic mass is 16.5. The van der Waals surface area contributed by atoms with Crippen molar-refractivity contribution in [2.45, 2.75) is 26.3 Å². The highest BCUT2D eigenvalue weighted by Gasteiger charge is 2.32. The van der Waals surface area contributed by atoms with Crippen LogP contribution in [0.1, 0.15) is 16.7 Å². The lowest BCUT2D eigenvalue weighted by molar-refractivity contribution is 0.351. The summed E-state index contributed by atoms with van der Waals surface area (Å²) in [5, 5.41) is 21.1. The van der Waals surface area contributed by atoms with E-state index in [4.69, 9.17) is 9.47 Å². The number of rotatable bonds is 4. The molecule has 1 heterocycles. The molecule has 3 rings (SSSR count). The largest absolute Gasteiger partial charge is 0.494 e. The van der Waals surface area contributed by atoms with E-state index in [0.717, 1.165) is 22.3 Å². The van der Waals surface area contributed by atoms with Gasteiger partial charge in [0.15, 0.2) is 17.4 Å². The van der Waals surface area contributed by atoms with E-state index >= 15 is 0 Å². The number of benzene rings is 1. The third-order valence-corrected chi connectivity index (χ3v) is 4.46. The highest BCUT2D eigenvalue weighted by molar-refractivity contribution is 5.85. The first-order valence-corrected chi connectivity index (χ1v) is 7.54. The first-order valence-electron chi connectivity index (χ1n) is 7.54. The van der Waals surface area contributed by atoms with Crippen LogP contribution >= 0.6 is 0 Å². The summed E-state index contributed by atoms with van der Waals surface area (Å²) < 4.78 is 12.4. The van der Waals surface area contributed by atoms with Gasteiger partial charge in [-0.1, -0.05) is 6.08 Å². The summed E-state index contributed by atoms with van der Waals surface area (Å²) in [7, 11) is 3.23. The van der Waals surface area contributed by atoms with Gasteiger partial charge in [0.05, 0.1) is 19.8 Å². The third-order valence-electron chi connectivity index (χ3n) is 4.46. The molecule has 1 aliphatic rings. The van der Waals surface area contributed by atoms with Crippen LogP contribution in [-0.2, 0) is 19.4 Å². The van der Waals surface area contributed by atoms with Crippen molar-refractivity contribution >= 4 is 0 Å². The van der Waals surface area contributed by atoms with E-state index in [-0.39, 0.29) is 11.8 Å². The SMILES string of the molecule is C=CCn1c(O)c2c(c1O)-c1c(C)cc(OC)c(OC)c1CC2. The molecule has 2 N–H and O–H groups in total. The van der Waals surface area contributed by atoms with Crippen LogP contribution in [0.25, 0.3) is 11.1 Å². The van der Waals surface area contributed by atoms with Crippen LogP contribution in [0, 0.1) is 6.92 Å². The van der Waals surface area contributed by atoms with Gasteiger partial charge in [-0.25, -0.2) is 0 Å². The van der Waals surface area contributed by atoms with Gasteiger partial charge < -0.3 is 19.7 Å². The van der Waals surface area contributed by atoms with Gasteiger partial charge in [0.1, 0.15) is 0 Å². The number of fused-ring (bicyclic) bond motifs is 3. The molecule has 1 aromatic heterocycles. The van der Waals surface area contributed by atoms with Gasteiger partial charge in [-0.05, 0) is 37.0 Å². The Morgan fingerprint density at radius 2 is 1.83 bits per heavy atom. The van der Waals surface area contributed by atoms with Crippen LogP contribution in [0.2, 0.25) is 0 Å². The lowest BCUT2D eigenvalue weighted by atomic mass is 9.84. The fraction of sp³-hybridized carbons (Fsp3) is 0.333. The Morgan fingerprint density at radius 3 is 2.43 bits per heavy atom. The third kappa shape index (κ3) is 2.07. The van der Waals surface area contributed by atoms with E-state index < -0.39 is 0 Å². The minimum atomic E-state index is 0.0636. The molecule has 0 unspecified atom stereocenters. The second kappa shape index (κ2) is 5.57. The summed E-state index contributed by atoms with van der Waals surface area (Å²) in [4.78, 5) is 0. The topological polar surface area (TPSA) is 63.9 Å². The first-order chi connectivity index (χ1) is 11.0. The molecule has 122 valence electrons. The predicted molar refractivity (Wildman–Crippen MR) is 88.6 cm³/mol. The zero-order valence-corrected chi connectivity index (χ0v) is 13.6. The molecule has 0 saturated carbocycles. The fourth-order valence-corrected chi connectivity index (χ4v) is 3.49. The summed E-state index contributed by atoms with van der Waals surface area (Å²) in [5.74, 6) is 1.54. The number of aromatic hydroxyl groups is 2. The van der Waals surface area contributed by atoms with Gasteiger partial charge in [-0.15, -0.1) is 6.58 Å². The number of aryl methyl sites for hydroxylation is 1. The predicted octanol–water partition coefficient (Wildman–Crippen LogP) is 3.18. The minimum Gasteiger partial charge on any atom is -0.494 e. The number of aromatic nitrogens is 1. The summed E-state index contributed by atoms with van der Waals surface area (Å²) in [5.41, 5.74) is 4.35. The van der Waals surface area contributed by atoms with Crippen LogP contribution in [0.3, 0.4) is 0 Å². The van der Waals surface area contributed by atoms with E-state index in [0.29, 0.717) is 36.4 Å². The minimum absolute atomic E-state index is 0.0636. The van der Waals surface area contributed by atoms with Gasteiger partial charge in [-0.2, -0.15) is 0 Å². The van der Waals surface area contributed by atoms with E-state index in [1.807, 2.05) is 13.0 Å². The molecule has 0 bridgehead atoms. The Balaban J connectivity index is 2.34. The summed E-state index contributed by atoms with van der Waals surface area (Å²) in [6, 6.07) is 1.90. The van der Waals surface area contributed by atoms with Crippen LogP contribution in [0.5, 0.6) is 23.3 Å². The summed E-state index contributed by atoms with van der Waals surface area (Å²) in [6.07, 6.45) is 3.00. The molecule has 0 atom stereocenters. The molecule has 0 spiro atoms. The second-order valence-electron chi connectivity index (χ2n) is 5.68. The van der Waals surface area contributed by atoms with E-state index in [1.165, 1.54) is 4.57 Å². The molecule has 0 radical (unpaired) electrons. The van der Waals surface area contributed by atoms with Gasteiger partial charge in [0.2, 0.25) is 5.88 Å². The van der Waals surface area contributed by atoms with E-state index in [9.17, 15) is 10.2 Å². The fourth-order valence-electron chi connectivity index (χ4n) is 3.49. The molecule has 23 heavy (non-hydrogen) atoms. The second-order valence-corrected chi connectivity index (χ2v) is 5.68. The Morgan fingerprint density at radius 1 is 1.13 bits per heavy atom. The zero-order valence-electron chi connectivity index (χ0n) is 13.6. The van der Waals surface area contributed by atoms with Gasteiger partial charge in [0.25, 0.3) is 0 Å². The normalized spacial score (nSPS) is 12.5. The van der Waals surface area contributed by atoms with E-state index in [2.05, 4.69) is 6.58 Å². The van der Waals surface area contributed by atoms with Crippen molar-refractivity contribution in [3.05, 3.63) is 35.4 Å². The smallest absolute Gasteiger partial charge is 0.202 e. The lowest BCUT2D eigenvalue weighted by Crippen LogP contribution is -2.07. The number of nitrogens with zero attached hydrogens (tertiary/aromatic N) is 1. The molecule has 0 aliphatic heterocycles. The Kier molecular flexibility index (Phi) is 3.72. The number of allylic oxidation sites excluding steroid dienone is 1. The Labute approximate surface area is 135 Å². The van der Waals surface area contributed by atoms with Gasteiger partial charge >= 0.3 is 0 Å². The highest BCUT2D eigenvalue weighted by Crippen LogP contribution is 2.51. The maximum absolute atomic E-state index is 10.6. The number of hydrogen-bond acceptors (Lipinski definition) is 4. The maximum Gasteiger partial charge on any atom is 0.202 e. The molecule has 0 fully saturated rings. The molecule has 1 aromatic carbocycles. The molecular formula is C18H21NO4. The first kappa shape index (κ1) is 15.3. The number of hydrogen-bond donors (Lipinski definition) is 2. The monoisotopic (exact) mass is 315 g/mol. The van der Waals surface area contributed by atoms with Crippen molar-refractivity contribution < 1.29 is 19.7 Å². The van der Waals surface area contributed by atoms with Crippen LogP contribution in [0.15, 0.2) is 18.7 Å². The van der Waals surface area contributed by atoms with Crippen LogP contribution < -0.4 is 9.47 Å². The van der Waals surface area contributed by atoms with Crippen molar-refractivity contribution in [1.82, 2.24) is 4.57 Å². The molecule has 1 aliphatic carbocycles. The van der Waals surface area contributed by atoms with Crippen molar-refractivity contribution in [3.8, 4) is 34.4 Å². The quantitative estimate of drug-likeness (QED) is 0.851.